The molecular formula is C16H19N3S. The Hall–Kier alpha value is -1.65. The Morgan fingerprint density at radius 2 is 2.30 bits per heavy atom. The molecule has 0 bridgehead atoms. The Morgan fingerprint density at radius 1 is 1.35 bits per heavy atom. The molecule has 0 saturated carbocycles. The first-order valence-corrected chi connectivity index (χ1v) is 7.94. The monoisotopic (exact) mass is 285 g/mol. The van der Waals surface area contributed by atoms with Gasteiger partial charge in [0.2, 0.25) is 0 Å². The highest BCUT2D eigenvalue weighted by atomic mass is 32.1. The molecular weight excluding hydrogens is 266 g/mol. The van der Waals surface area contributed by atoms with Crippen LogP contribution in [-0.4, -0.2) is 9.97 Å². The molecule has 4 heteroatoms. The molecule has 0 fully saturated rings. The summed E-state index contributed by atoms with van der Waals surface area (Å²) in [5.74, 6) is 0. The van der Waals surface area contributed by atoms with Crippen molar-refractivity contribution in [1.82, 2.24) is 15.3 Å². The van der Waals surface area contributed by atoms with E-state index >= 15 is 0 Å². The van der Waals surface area contributed by atoms with Gasteiger partial charge in [-0.3, -0.25) is 0 Å². The Kier molecular flexibility index (Phi) is 4.14. The van der Waals surface area contributed by atoms with Gasteiger partial charge in [0.15, 0.2) is 0 Å². The van der Waals surface area contributed by atoms with Crippen LogP contribution in [0.25, 0.3) is 11.0 Å². The van der Waals surface area contributed by atoms with Crippen molar-refractivity contribution in [2.45, 2.75) is 32.4 Å². The lowest BCUT2D eigenvalue weighted by Crippen LogP contribution is -2.19. The number of nitrogens with one attached hydrogen (secondary N) is 2. The summed E-state index contributed by atoms with van der Waals surface area (Å²) in [5, 5.41) is 7.04. The van der Waals surface area contributed by atoms with Crippen molar-refractivity contribution < 1.29 is 0 Å². The summed E-state index contributed by atoms with van der Waals surface area (Å²) in [7, 11) is 0. The standard InChI is InChI=1S/C16H19N3S/c1-2-5-14(15-7-4-9-20-15)18-10-12-11-19-16-13(12)6-3-8-17-16/h3-4,6-9,11,14,18H,2,5,10H2,1H3,(H,17,19). The smallest absolute Gasteiger partial charge is 0.137 e. The fraction of sp³-hybridized carbons (Fsp3) is 0.312. The van der Waals surface area contributed by atoms with Crippen LogP contribution >= 0.6 is 11.3 Å². The highest BCUT2D eigenvalue weighted by Gasteiger charge is 2.12. The SMILES string of the molecule is CCCC(NCc1c[nH]c2ncccc12)c1cccs1. The van der Waals surface area contributed by atoms with Crippen LogP contribution in [0.1, 0.15) is 36.2 Å². The minimum Gasteiger partial charge on any atom is -0.346 e. The van der Waals surface area contributed by atoms with E-state index in [2.05, 4.69) is 52.0 Å². The highest BCUT2D eigenvalue weighted by Crippen LogP contribution is 2.24. The molecule has 3 rings (SSSR count). The minimum absolute atomic E-state index is 0.446. The van der Waals surface area contributed by atoms with E-state index in [1.165, 1.54) is 28.7 Å². The number of aromatic nitrogens is 2. The quantitative estimate of drug-likeness (QED) is 0.710. The Balaban J connectivity index is 1.74. The van der Waals surface area contributed by atoms with E-state index in [0.717, 1.165) is 12.2 Å². The van der Waals surface area contributed by atoms with Crippen LogP contribution < -0.4 is 5.32 Å². The molecule has 20 heavy (non-hydrogen) atoms. The number of fused-ring (bicyclic) bond motifs is 1. The molecule has 1 unspecified atom stereocenters. The molecule has 3 heterocycles. The zero-order chi connectivity index (χ0) is 13.8. The summed E-state index contributed by atoms with van der Waals surface area (Å²) in [6, 6.07) is 8.90. The summed E-state index contributed by atoms with van der Waals surface area (Å²) in [5.41, 5.74) is 2.25. The fourth-order valence-electron chi connectivity index (χ4n) is 2.52. The summed E-state index contributed by atoms with van der Waals surface area (Å²) >= 11 is 1.83. The van der Waals surface area contributed by atoms with E-state index in [4.69, 9.17) is 0 Å². The zero-order valence-electron chi connectivity index (χ0n) is 11.6. The van der Waals surface area contributed by atoms with Crippen molar-refractivity contribution in [3.63, 3.8) is 0 Å². The Morgan fingerprint density at radius 3 is 3.10 bits per heavy atom. The van der Waals surface area contributed by atoms with E-state index in [1.54, 1.807) is 0 Å². The van der Waals surface area contributed by atoms with Gasteiger partial charge < -0.3 is 10.3 Å². The number of H-pyrrole nitrogens is 1. The van der Waals surface area contributed by atoms with Gasteiger partial charge in [-0.1, -0.05) is 19.4 Å². The second-order valence-electron chi connectivity index (χ2n) is 4.95. The maximum absolute atomic E-state index is 4.33. The molecule has 0 aliphatic rings. The lowest BCUT2D eigenvalue weighted by Gasteiger charge is -2.16. The first-order chi connectivity index (χ1) is 9.88. The molecule has 0 radical (unpaired) electrons. The minimum atomic E-state index is 0.446. The average molecular weight is 285 g/mol. The molecule has 0 amide bonds. The molecule has 0 aliphatic carbocycles. The number of aromatic amines is 1. The van der Waals surface area contributed by atoms with Crippen LogP contribution in [0.4, 0.5) is 0 Å². The molecule has 0 spiro atoms. The van der Waals surface area contributed by atoms with Crippen LogP contribution in [0.15, 0.2) is 42.0 Å². The molecule has 104 valence electrons. The number of rotatable bonds is 6. The highest BCUT2D eigenvalue weighted by molar-refractivity contribution is 7.10. The van der Waals surface area contributed by atoms with Crippen LogP contribution in [-0.2, 0) is 6.54 Å². The van der Waals surface area contributed by atoms with Crippen molar-refractivity contribution in [2.75, 3.05) is 0 Å². The largest absolute Gasteiger partial charge is 0.346 e. The molecule has 0 aromatic carbocycles. The first-order valence-electron chi connectivity index (χ1n) is 7.06. The number of thiophene rings is 1. The second kappa shape index (κ2) is 6.20. The first kappa shape index (κ1) is 13.3. The topological polar surface area (TPSA) is 40.7 Å². The lowest BCUT2D eigenvalue weighted by atomic mass is 10.1. The van der Waals surface area contributed by atoms with Gasteiger partial charge in [0.25, 0.3) is 0 Å². The number of hydrogen-bond donors (Lipinski definition) is 2. The number of pyridine rings is 1. The van der Waals surface area contributed by atoms with Gasteiger partial charge >= 0.3 is 0 Å². The average Bonchev–Trinajstić information content (AvgIpc) is 3.13. The molecule has 0 aliphatic heterocycles. The van der Waals surface area contributed by atoms with E-state index in [0.29, 0.717) is 6.04 Å². The van der Waals surface area contributed by atoms with E-state index in [9.17, 15) is 0 Å². The molecule has 0 saturated heterocycles. The van der Waals surface area contributed by atoms with E-state index in [1.807, 2.05) is 23.6 Å². The number of hydrogen-bond acceptors (Lipinski definition) is 3. The lowest BCUT2D eigenvalue weighted by molar-refractivity contribution is 0.501. The number of nitrogens with zero attached hydrogens (tertiary/aromatic N) is 1. The molecule has 3 nitrogen and oxygen atoms in total. The fourth-order valence-corrected chi connectivity index (χ4v) is 3.35. The van der Waals surface area contributed by atoms with Crippen LogP contribution in [0.2, 0.25) is 0 Å². The predicted octanol–water partition coefficient (Wildman–Crippen LogP) is 4.26. The molecule has 2 N–H and O–H groups in total. The van der Waals surface area contributed by atoms with Crippen molar-refractivity contribution in [3.8, 4) is 0 Å². The van der Waals surface area contributed by atoms with Crippen molar-refractivity contribution in [2.24, 2.45) is 0 Å². The third-order valence-corrected chi connectivity index (χ3v) is 4.53. The molecule has 3 aromatic heterocycles. The van der Waals surface area contributed by atoms with Gasteiger partial charge in [-0.2, -0.15) is 0 Å². The molecule has 1 atom stereocenters. The maximum Gasteiger partial charge on any atom is 0.137 e. The second-order valence-corrected chi connectivity index (χ2v) is 5.93. The third-order valence-electron chi connectivity index (χ3n) is 3.54. The molecule has 3 aromatic rings. The third kappa shape index (κ3) is 2.76. The predicted molar refractivity (Wildman–Crippen MR) is 84.9 cm³/mol. The summed E-state index contributed by atoms with van der Waals surface area (Å²) in [4.78, 5) is 8.99. The van der Waals surface area contributed by atoms with Crippen molar-refractivity contribution in [1.29, 1.82) is 0 Å². The van der Waals surface area contributed by atoms with Crippen LogP contribution in [0.5, 0.6) is 0 Å². The van der Waals surface area contributed by atoms with Gasteiger partial charge in [0.05, 0.1) is 0 Å². The summed E-state index contributed by atoms with van der Waals surface area (Å²) in [6.45, 7) is 3.10. The van der Waals surface area contributed by atoms with Crippen molar-refractivity contribution in [3.05, 3.63) is 52.5 Å². The van der Waals surface area contributed by atoms with Gasteiger partial charge in [-0.05, 0) is 35.6 Å². The van der Waals surface area contributed by atoms with Crippen molar-refractivity contribution >= 4 is 22.4 Å². The van der Waals surface area contributed by atoms with Gasteiger partial charge in [0, 0.05) is 35.2 Å². The van der Waals surface area contributed by atoms with E-state index in [-0.39, 0.29) is 0 Å². The normalized spacial score (nSPS) is 12.8. The van der Waals surface area contributed by atoms with E-state index < -0.39 is 0 Å². The van der Waals surface area contributed by atoms with Gasteiger partial charge in [-0.25, -0.2) is 4.98 Å². The summed E-state index contributed by atoms with van der Waals surface area (Å²) < 4.78 is 0. The van der Waals surface area contributed by atoms with Crippen LogP contribution in [0.3, 0.4) is 0 Å². The van der Waals surface area contributed by atoms with Gasteiger partial charge in [0.1, 0.15) is 5.65 Å². The zero-order valence-corrected chi connectivity index (χ0v) is 12.4. The summed E-state index contributed by atoms with van der Waals surface area (Å²) in [6.07, 6.45) is 6.23. The van der Waals surface area contributed by atoms with Crippen LogP contribution in [0, 0.1) is 0 Å². The maximum atomic E-state index is 4.33. The Bertz CT molecular complexity index is 657. The Labute approximate surface area is 123 Å². The van der Waals surface area contributed by atoms with Gasteiger partial charge in [-0.15, -0.1) is 11.3 Å².